The first kappa shape index (κ1) is 4.31. The van der Waals surface area contributed by atoms with Crippen molar-refractivity contribution >= 4 is 0 Å². The van der Waals surface area contributed by atoms with E-state index in [1.165, 1.54) is 0 Å². The zero-order valence-electron chi connectivity index (χ0n) is 4.00. The Kier molecular flexibility index (Phi) is 1.44. The quantitative estimate of drug-likeness (QED) is 0.412. The zero-order chi connectivity index (χ0) is 4.95. The van der Waals surface area contributed by atoms with Crippen molar-refractivity contribution in [3.63, 3.8) is 0 Å². The van der Waals surface area contributed by atoms with E-state index in [-0.39, 0.29) is 0 Å². The van der Waals surface area contributed by atoms with Crippen LogP contribution in [0.3, 0.4) is 0 Å². The minimum Gasteiger partial charge on any atom is -0.565 e. The molecule has 1 aliphatic rings. The topological polar surface area (TPSA) is 9.23 Å². The Morgan fingerprint density at radius 1 is 1.43 bits per heavy atom. The van der Waals surface area contributed by atoms with Crippen LogP contribution in [0.15, 0.2) is 24.5 Å². The van der Waals surface area contributed by atoms with Gasteiger partial charge in [-0.1, -0.05) is 0 Å². The summed E-state index contributed by atoms with van der Waals surface area (Å²) in [5.41, 5.74) is 0. The van der Waals surface area contributed by atoms with Crippen molar-refractivity contribution in [2.24, 2.45) is 0 Å². The third-order valence-corrected chi connectivity index (χ3v) is 0.726. The Labute approximate surface area is 43.3 Å². The normalized spacial score (nSPS) is 17.1. The molecule has 1 aliphatic heterocycles. The van der Waals surface area contributed by atoms with Gasteiger partial charge in [0.05, 0.1) is 0 Å². The van der Waals surface area contributed by atoms with E-state index in [0.717, 1.165) is 0 Å². The average Bonchev–Trinajstić information content (AvgIpc) is 1.90. The van der Waals surface area contributed by atoms with Crippen LogP contribution in [0.4, 0.5) is 0 Å². The Hall–Kier alpha value is -0.850. The number of hydrogen-bond donors (Lipinski definition) is 0. The third-order valence-electron chi connectivity index (χ3n) is 0.726. The summed E-state index contributed by atoms with van der Waals surface area (Å²) in [5, 5.41) is 0. The number of allylic oxidation sites excluding steroid dienone is 2. The van der Waals surface area contributed by atoms with Crippen molar-refractivity contribution in [3.05, 3.63) is 30.9 Å². The molecule has 38 valence electrons. The van der Waals surface area contributed by atoms with E-state index in [0.29, 0.717) is 6.61 Å². The maximum atomic E-state index is 4.90. The maximum absolute atomic E-state index is 4.90. The molecule has 1 rings (SSSR count). The smallest absolute Gasteiger partial charge is 0.0467 e. The number of rotatable bonds is 0. The van der Waals surface area contributed by atoms with Crippen LogP contribution in [-0.4, -0.2) is 6.61 Å². The largest absolute Gasteiger partial charge is 0.565 e. The lowest BCUT2D eigenvalue weighted by Gasteiger charge is -1.94. The molecule has 0 aromatic carbocycles. The summed E-state index contributed by atoms with van der Waals surface area (Å²) < 4.78 is 4.90. The van der Waals surface area contributed by atoms with Gasteiger partial charge >= 0.3 is 0 Å². The highest BCUT2D eigenvalue weighted by Crippen LogP contribution is 1.90. The van der Waals surface area contributed by atoms with Crippen molar-refractivity contribution in [1.82, 2.24) is 0 Å². The maximum Gasteiger partial charge on any atom is 0.0467 e. The molecule has 0 amide bonds. The SMILES string of the molecule is C1=CCOC=C[CH-]1. The molecule has 0 saturated heterocycles. The van der Waals surface area contributed by atoms with Crippen molar-refractivity contribution in [1.29, 1.82) is 0 Å². The Morgan fingerprint density at radius 3 is 3.43 bits per heavy atom. The summed E-state index contributed by atoms with van der Waals surface area (Å²) in [6.45, 7) is 0.701. The van der Waals surface area contributed by atoms with Crippen LogP contribution in [0.1, 0.15) is 0 Å². The van der Waals surface area contributed by atoms with Gasteiger partial charge in [-0.3, -0.25) is 0 Å². The van der Waals surface area contributed by atoms with Crippen LogP contribution in [0.25, 0.3) is 0 Å². The molecule has 0 fully saturated rings. The van der Waals surface area contributed by atoms with Gasteiger partial charge in [0.2, 0.25) is 0 Å². The molecule has 1 heteroatoms. The van der Waals surface area contributed by atoms with E-state index in [4.69, 9.17) is 4.74 Å². The summed E-state index contributed by atoms with van der Waals surface area (Å²) in [4.78, 5) is 0. The summed E-state index contributed by atoms with van der Waals surface area (Å²) in [6.07, 6.45) is 9.40. The van der Waals surface area contributed by atoms with Gasteiger partial charge in [-0.2, -0.15) is 12.5 Å². The van der Waals surface area contributed by atoms with Crippen LogP contribution in [0, 0.1) is 6.42 Å². The number of hydrogen-bond acceptors (Lipinski definition) is 1. The third kappa shape index (κ3) is 1.35. The Bertz CT molecular complexity index is 80.4. The van der Waals surface area contributed by atoms with Gasteiger partial charge < -0.3 is 4.74 Å². The predicted octanol–water partition coefficient (Wildman–Crippen LogP) is 1.29. The summed E-state index contributed by atoms with van der Waals surface area (Å²) >= 11 is 0. The van der Waals surface area contributed by atoms with Crippen molar-refractivity contribution in [2.75, 3.05) is 6.61 Å². The molecule has 1 nitrogen and oxygen atoms in total. The van der Waals surface area contributed by atoms with Gasteiger partial charge in [-0.25, -0.2) is 0 Å². The molecule has 1 heterocycles. The van der Waals surface area contributed by atoms with E-state index in [9.17, 15) is 0 Å². The monoisotopic (exact) mass is 95.1 g/mol. The molecule has 7 heavy (non-hydrogen) atoms. The number of ether oxygens (including phenoxy) is 1. The highest BCUT2D eigenvalue weighted by Gasteiger charge is 1.69. The Morgan fingerprint density at radius 2 is 2.43 bits per heavy atom. The second-order valence-corrected chi connectivity index (χ2v) is 1.28. The van der Waals surface area contributed by atoms with Crippen molar-refractivity contribution in [2.45, 2.75) is 0 Å². The second-order valence-electron chi connectivity index (χ2n) is 1.28. The molecule has 0 N–H and O–H groups in total. The van der Waals surface area contributed by atoms with Gasteiger partial charge in [0.1, 0.15) is 0 Å². The lowest BCUT2D eigenvalue weighted by Crippen LogP contribution is -1.75. The van der Waals surface area contributed by atoms with Crippen molar-refractivity contribution < 1.29 is 4.74 Å². The van der Waals surface area contributed by atoms with Gasteiger partial charge in [0, 0.05) is 6.61 Å². The molecule has 0 unspecified atom stereocenters. The highest BCUT2D eigenvalue weighted by atomic mass is 16.5. The van der Waals surface area contributed by atoms with Crippen LogP contribution in [0.5, 0.6) is 0 Å². The fraction of sp³-hybridized carbons (Fsp3) is 0.167. The lowest BCUT2D eigenvalue weighted by atomic mass is 10.4. The molecule has 0 atom stereocenters. The van der Waals surface area contributed by atoms with Crippen LogP contribution in [-0.2, 0) is 4.74 Å². The molecule has 0 aromatic rings. The first-order chi connectivity index (χ1) is 3.50. The van der Waals surface area contributed by atoms with E-state index in [1.54, 1.807) is 6.26 Å². The zero-order valence-corrected chi connectivity index (χ0v) is 4.00. The first-order valence-electron chi connectivity index (χ1n) is 2.27. The van der Waals surface area contributed by atoms with E-state index in [2.05, 4.69) is 0 Å². The fourth-order valence-corrected chi connectivity index (χ4v) is 0.410. The fourth-order valence-electron chi connectivity index (χ4n) is 0.410. The highest BCUT2D eigenvalue weighted by molar-refractivity contribution is 5.08. The minimum absolute atomic E-state index is 0.701. The van der Waals surface area contributed by atoms with Crippen LogP contribution >= 0.6 is 0 Å². The van der Waals surface area contributed by atoms with E-state index in [1.807, 2.05) is 24.6 Å². The van der Waals surface area contributed by atoms with Gasteiger partial charge in [-0.15, -0.1) is 12.2 Å². The van der Waals surface area contributed by atoms with E-state index >= 15 is 0 Å². The molecule has 0 bridgehead atoms. The van der Waals surface area contributed by atoms with Gasteiger partial charge in [-0.05, 0) is 6.26 Å². The minimum atomic E-state index is 0.701. The summed E-state index contributed by atoms with van der Waals surface area (Å²) in [7, 11) is 0. The van der Waals surface area contributed by atoms with Crippen LogP contribution in [0.2, 0.25) is 0 Å². The predicted molar refractivity (Wildman–Crippen MR) is 28.5 cm³/mol. The summed E-state index contributed by atoms with van der Waals surface area (Å²) in [5.74, 6) is 0. The molecule has 0 saturated carbocycles. The molecule has 0 aromatic heterocycles. The molecular weight excluding hydrogens is 88.1 g/mol. The molecule has 0 spiro atoms. The van der Waals surface area contributed by atoms with Crippen molar-refractivity contribution in [3.8, 4) is 0 Å². The van der Waals surface area contributed by atoms with Crippen LogP contribution < -0.4 is 0 Å². The second kappa shape index (κ2) is 2.35. The van der Waals surface area contributed by atoms with Gasteiger partial charge in [0.25, 0.3) is 0 Å². The molecule has 0 radical (unpaired) electrons. The lowest BCUT2D eigenvalue weighted by molar-refractivity contribution is 0.291. The standard InChI is InChI=1S/C6H7O/c1-2-4-6-7-5-3-1/h1-5H,6H2/q-1. The van der Waals surface area contributed by atoms with Gasteiger partial charge in [0.15, 0.2) is 0 Å². The first-order valence-corrected chi connectivity index (χ1v) is 2.27. The molecular formula is C6H7O-. The van der Waals surface area contributed by atoms with E-state index < -0.39 is 0 Å². The average molecular weight is 95.1 g/mol. The summed E-state index contributed by atoms with van der Waals surface area (Å²) in [6, 6.07) is 0. The Balaban J connectivity index is 2.38. The molecule has 0 aliphatic carbocycles.